The van der Waals surface area contributed by atoms with E-state index in [1.54, 1.807) is 0 Å². The summed E-state index contributed by atoms with van der Waals surface area (Å²) in [7, 11) is 1.28. The van der Waals surface area contributed by atoms with Gasteiger partial charge in [0.25, 0.3) is 17.4 Å². The van der Waals surface area contributed by atoms with Crippen LogP contribution in [0.1, 0.15) is 34.3 Å². The third kappa shape index (κ3) is 6.69. The molecule has 1 aromatic heterocycles. The summed E-state index contributed by atoms with van der Waals surface area (Å²) < 4.78 is 72.5. The van der Waals surface area contributed by atoms with E-state index in [9.17, 15) is 41.0 Å². The number of aliphatic carboxylic acids is 1. The average molecular weight is 496 g/mol. The maximum absolute atomic E-state index is 13.5. The van der Waals surface area contributed by atoms with Crippen LogP contribution in [0.15, 0.2) is 29.1 Å². The second-order valence-electron chi connectivity index (χ2n) is 7.14. The number of carboxylic acids is 1. The first-order chi connectivity index (χ1) is 15.6. The number of nitrogens with one attached hydrogen (secondary N) is 2. The van der Waals surface area contributed by atoms with Gasteiger partial charge in [-0.15, -0.1) is 0 Å². The molecule has 1 atom stereocenters. The highest BCUT2D eigenvalue weighted by Gasteiger charge is 2.42. The zero-order valence-corrected chi connectivity index (χ0v) is 17.3. The molecule has 0 radical (unpaired) electrons. The minimum Gasteiger partial charge on any atom is -0.501 e. The molecule has 1 amide bonds. The van der Waals surface area contributed by atoms with Crippen LogP contribution < -0.4 is 16.2 Å². The molecule has 34 heavy (non-hydrogen) atoms. The number of carboxylic acid groups (broad SMARTS) is 1. The van der Waals surface area contributed by atoms with Crippen molar-refractivity contribution in [3.8, 4) is 5.75 Å². The maximum Gasteiger partial charge on any atom is 0.490 e. The lowest BCUT2D eigenvalue weighted by Gasteiger charge is -2.16. The molecule has 1 aromatic carbocycles. The molecule has 9 nitrogen and oxygen atoms in total. The fraction of sp³-hybridized carbons (Fsp3) is 0.368. The van der Waals surface area contributed by atoms with Gasteiger partial charge in [0.2, 0.25) is 5.75 Å². The number of rotatable bonds is 4. The zero-order chi connectivity index (χ0) is 25.8. The van der Waals surface area contributed by atoms with Crippen LogP contribution in [0.3, 0.4) is 0 Å². The van der Waals surface area contributed by atoms with Crippen molar-refractivity contribution >= 4 is 11.9 Å². The lowest BCUT2D eigenvalue weighted by molar-refractivity contribution is -0.192. The molecule has 1 aliphatic heterocycles. The number of carbonyl (C=O) groups excluding carboxylic acids is 1. The van der Waals surface area contributed by atoms with Gasteiger partial charge in [0.05, 0.1) is 12.6 Å². The highest BCUT2D eigenvalue weighted by atomic mass is 19.4. The van der Waals surface area contributed by atoms with Gasteiger partial charge in [0.15, 0.2) is 5.69 Å². The Morgan fingerprint density at radius 3 is 2.29 bits per heavy atom. The summed E-state index contributed by atoms with van der Waals surface area (Å²) in [6.45, 7) is -0.564. The van der Waals surface area contributed by atoms with E-state index in [1.165, 1.54) is 31.3 Å². The molecule has 0 spiro atoms. The van der Waals surface area contributed by atoms with Gasteiger partial charge in [0, 0.05) is 20.0 Å². The van der Waals surface area contributed by atoms with Gasteiger partial charge in [-0.3, -0.25) is 14.2 Å². The van der Waals surface area contributed by atoms with E-state index in [-0.39, 0.29) is 12.4 Å². The summed E-state index contributed by atoms with van der Waals surface area (Å²) >= 11 is 0. The van der Waals surface area contributed by atoms with Crippen molar-refractivity contribution in [2.45, 2.75) is 31.1 Å². The molecule has 1 saturated heterocycles. The SMILES string of the molecule is Cn1c([C@@H]2CC(F)(F)CN2)nc(C(=O)NCc2ccc(F)cc2)c(O)c1=O.O=C(O)C(F)(F)F. The van der Waals surface area contributed by atoms with Crippen molar-refractivity contribution in [3.63, 3.8) is 0 Å². The van der Waals surface area contributed by atoms with Crippen LogP contribution in [0.4, 0.5) is 26.3 Å². The van der Waals surface area contributed by atoms with Crippen LogP contribution in [0, 0.1) is 5.82 Å². The summed E-state index contributed by atoms with van der Waals surface area (Å²) in [6, 6.07) is 4.44. The van der Waals surface area contributed by atoms with Gasteiger partial charge < -0.3 is 20.8 Å². The van der Waals surface area contributed by atoms with E-state index in [2.05, 4.69) is 15.6 Å². The lowest BCUT2D eigenvalue weighted by atomic mass is 10.1. The first-order valence-corrected chi connectivity index (χ1v) is 9.36. The summed E-state index contributed by atoms with van der Waals surface area (Å²) in [5.41, 5.74) is -0.874. The number of hydrogen-bond acceptors (Lipinski definition) is 6. The molecular formula is C19H18F6N4O5. The number of hydrogen-bond donors (Lipinski definition) is 4. The smallest absolute Gasteiger partial charge is 0.490 e. The number of aromatic hydroxyl groups is 1. The Labute approximate surface area is 187 Å². The third-order valence-electron chi connectivity index (χ3n) is 4.55. The molecule has 0 saturated carbocycles. The highest BCUT2D eigenvalue weighted by molar-refractivity contribution is 5.94. The Kier molecular flexibility index (Phi) is 7.92. The standard InChI is InChI=1S/C17H17F3N4O3.C2HF3O2/c1-24-14(11-6-17(19,20)8-22-11)23-12(13(25)16(24)27)15(26)21-7-9-2-4-10(18)5-3-9;3-2(4,5)1(6)7/h2-5,11,22,25H,6-8H2,1H3,(H,21,26);(H,6,7)/t11-;/m0./s1. The number of benzene rings is 1. The Balaban J connectivity index is 0.000000509. The first kappa shape index (κ1) is 26.6. The summed E-state index contributed by atoms with van der Waals surface area (Å²) in [5, 5.41) is 22.1. The van der Waals surface area contributed by atoms with Gasteiger partial charge in [-0.2, -0.15) is 13.2 Å². The van der Waals surface area contributed by atoms with E-state index < -0.39 is 65.8 Å². The van der Waals surface area contributed by atoms with Crippen molar-refractivity contribution in [1.29, 1.82) is 0 Å². The molecule has 2 heterocycles. The fourth-order valence-electron chi connectivity index (χ4n) is 2.84. The number of halogens is 6. The van der Waals surface area contributed by atoms with Crippen LogP contribution in [-0.4, -0.2) is 50.3 Å². The zero-order valence-electron chi connectivity index (χ0n) is 17.3. The van der Waals surface area contributed by atoms with Gasteiger partial charge in [-0.25, -0.2) is 22.9 Å². The van der Waals surface area contributed by atoms with Gasteiger partial charge >= 0.3 is 12.1 Å². The number of aromatic nitrogens is 2. The number of nitrogens with zero attached hydrogens (tertiary/aromatic N) is 2. The summed E-state index contributed by atoms with van der Waals surface area (Å²) in [6.07, 6.45) is -5.66. The van der Waals surface area contributed by atoms with Crippen LogP contribution in [0.25, 0.3) is 0 Å². The Morgan fingerprint density at radius 2 is 1.82 bits per heavy atom. The first-order valence-electron chi connectivity index (χ1n) is 9.36. The fourth-order valence-corrected chi connectivity index (χ4v) is 2.84. The second-order valence-corrected chi connectivity index (χ2v) is 7.14. The van der Waals surface area contributed by atoms with Crippen molar-refractivity contribution in [3.05, 3.63) is 57.5 Å². The maximum atomic E-state index is 13.5. The van der Waals surface area contributed by atoms with E-state index >= 15 is 0 Å². The normalized spacial score (nSPS) is 17.0. The molecule has 0 aliphatic carbocycles. The van der Waals surface area contributed by atoms with Crippen molar-refractivity contribution < 1.29 is 46.1 Å². The Morgan fingerprint density at radius 1 is 1.26 bits per heavy atom. The van der Waals surface area contributed by atoms with Crippen LogP contribution in [0.5, 0.6) is 5.75 Å². The van der Waals surface area contributed by atoms with Gasteiger partial charge in [-0.1, -0.05) is 12.1 Å². The largest absolute Gasteiger partial charge is 0.501 e. The molecule has 1 fully saturated rings. The van der Waals surface area contributed by atoms with Crippen LogP contribution >= 0.6 is 0 Å². The van der Waals surface area contributed by atoms with E-state index in [0.717, 1.165) is 4.57 Å². The number of alkyl halides is 5. The Hall–Kier alpha value is -3.62. The average Bonchev–Trinajstić information content (AvgIpc) is 3.10. The predicted octanol–water partition coefficient (Wildman–Crippen LogP) is 1.86. The topological polar surface area (TPSA) is 134 Å². The highest BCUT2D eigenvalue weighted by Crippen LogP contribution is 2.33. The van der Waals surface area contributed by atoms with Gasteiger partial charge in [-0.05, 0) is 17.7 Å². The quantitative estimate of drug-likeness (QED) is 0.475. The summed E-state index contributed by atoms with van der Waals surface area (Å²) in [5.74, 6) is -7.93. The second kappa shape index (κ2) is 10.1. The Bertz CT molecular complexity index is 1120. The van der Waals surface area contributed by atoms with E-state index in [0.29, 0.717) is 5.56 Å². The van der Waals surface area contributed by atoms with E-state index in [4.69, 9.17) is 9.90 Å². The molecule has 0 unspecified atom stereocenters. The number of carbonyl (C=O) groups is 2. The van der Waals surface area contributed by atoms with Crippen molar-refractivity contribution in [2.24, 2.45) is 7.05 Å². The molecule has 1 aliphatic rings. The van der Waals surface area contributed by atoms with E-state index in [1.807, 2.05) is 0 Å². The number of amides is 1. The van der Waals surface area contributed by atoms with Gasteiger partial charge in [0.1, 0.15) is 11.6 Å². The molecule has 0 bridgehead atoms. The third-order valence-corrected chi connectivity index (χ3v) is 4.55. The minimum atomic E-state index is -5.08. The predicted molar refractivity (Wildman–Crippen MR) is 103 cm³/mol. The lowest BCUT2D eigenvalue weighted by Crippen LogP contribution is -2.32. The van der Waals surface area contributed by atoms with Crippen molar-refractivity contribution in [2.75, 3.05) is 6.54 Å². The molecular weight excluding hydrogens is 478 g/mol. The monoisotopic (exact) mass is 496 g/mol. The molecule has 15 heteroatoms. The van der Waals surface area contributed by atoms with Crippen LogP contribution in [0.2, 0.25) is 0 Å². The minimum absolute atomic E-state index is 0.00449. The van der Waals surface area contributed by atoms with Crippen molar-refractivity contribution in [1.82, 2.24) is 20.2 Å². The molecule has 186 valence electrons. The molecule has 3 rings (SSSR count). The molecule has 2 aromatic rings. The van der Waals surface area contributed by atoms with Crippen LogP contribution in [-0.2, 0) is 18.4 Å². The summed E-state index contributed by atoms with van der Waals surface area (Å²) in [4.78, 5) is 37.4. The molecule has 4 N–H and O–H groups in total.